The maximum absolute atomic E-state index is 12.6. The lowest BCUT2D eigenvalue weighted by atomic mass is 10.1. The van der Waals surface area contributed by atoms with E-state index in [1.165, 1.54) is 6.92 Å². The van der Waals surface area contributed by atoms with Gasteiger partial charge in [0, 0.05) is 19.3 Å². The van der Waals surface area contributed by atoms with Gasteiger partial charge in [-0.3, -0.25) is 4.98 Å². The first kappa shape index (κ1) is 10.6. The minimum absolute atomic E-state index is 0.113. The second-order valence-corrected chi connectivity index (χ2v) is 3.06. The molecule has 2 rings (SSSR count). The lowest BCUT2D eigenvalue weighted by Gasteiger charge is -2.08. The summed E-state index contributed by atoms with van der Waals surface area (Å²) in [6.07, 6.45) is -2.33. The quantitative estimate of drug-likeness (QED) is 0.753. The van der Waals surface area contributed by atoms with Crippen LogP contribution >= 0.6 is 0 Å². The lowest BCUT2D eigenvalue weighted by Crippen LogP contribution is -2.07. The van der Waals surface area contributed by atoms with Gasteiger partial charge in [-0.25, -0.2) is 0 Å². The second-order valence-electron chi connectivity index (χ2n) is 3.06. The molecule has 0 aliphatic heterocycles. The molecule has 0 bridgehead atoms. The predicted octanol–water partition coefficient (Wildman–Crippen LogP) is 2.46. The van der Waals surface area contributed by atoms with E-state index in [4.69, 9.17) is 0 Å². The van der Waals surface area contributed by atoms with Gasteiger partial charge in [-0.2, -0.15) is 18.2 Å². The lowest BCUT2D eigenvalue weighted by molar-refractivity contribution is -0.137. The molecule has 0 aromatic carbocycles. The van der Waals surface area contributed by atoms with Gasteiger partial charge in [-0.15, -0.1) is 0 Å². The average molecular weight is 229 g/mol. The van der Waals surface area contributed by atoms with Crippen molar-refractivity contribution in [1.29, 1.82) is 0 Å². The highest BCUT2D eigenvalue weighted by Crippen LogP contribution is 2.35. The van der Waals surface area contributed by atoms with Gasteiger partial charge in [0.15, 0.2) is 0 Å². The van der Waals surface area contributed by atoms with Crippen molar-refractivity contribution in [2.45, 2.75) is 13.1 Å². The summed E-state index contributed by atoms with van der Waals surface area (Å²) in [5, 5.41) is 3.43. The molecule has 0 atom stereocenters. The van der Waals surface area contributed by atoms with E-state index in [1.807, 2.05) is 0 Å². The number of nitrogens with zero attached hydrogens (tertiary/aromatic N) is 3. The number of aryl methyl sites for hydroxylation is 1. The number of rotatable bonds is 1. The minimum atomic E-state index is -4.47. The average Bonchev–Trinajstić information content (AvgIpc) is 2.64. The van der Waals surface area contributed by atoms with E-state index in [-0.39, 0.29) is 17.3 Å². The molecule has 0 radical (unpaired) electrons. The van der Waals surface area contributed by atoms with Gasteiger partial charge in [-0.05, 0) is 6.07 Å². The van der Waals surface area contributed by atoms with Gasteiger partial charge in [0.2, 0.25) is 11.7 Å². The summed E-state index contributed by atoms with van der Waals surface area (Å²) in [7, 11) is 0. The topological polar surface area (TPSA) is 51.8 Å². The Morgan fingerprint density at radius 3 is 2.62 bits per heavy atom. The molecule has 84 valence electrons. The minimum Gasteiger partial charge on any atom is -0.339 e. The molecule has 0 spiro atoms. The summed E-state index contributed by atoms with van der Waals surface area (Å²) in [4.78, 5) is 7.36. The van der Waals surface area contributed by atoms with Crippen LogP contribution in [0.1, 0.15) is 11.5 Å². The molecule has 16 heavy (non-hydrogen) atoms. The van der Waals surface area contributed by atoms with E-state index in [2.05, 4.69) is 19.6 Å². The summed E-state index contributed by atoms with van der Waals surface area (Å²) in [5.41, 5.74) is -1.02. The Balaban J connectivity index is 2.57. The molecule has 0 saturated carbocycles. The van der Waals surface area contributed by atoms with Crippen molar-refractivity contribution in [3.8, 4) is 11.4 Å². The van der Waals surface area contributed by atoms with Gasteiger partial charge < -0.3 is 4.52 Å². The highest BCUT2D eigenvalue weighted by molar-refractivity contribution is 5.59. The highest BCUT2D eigenvalue weighted by Gasteiger charge is 2.34. The van der Waals surface area contributed by atoms with Crippen molar-refractivity contribution in [1.82, 2.24) is 15.1 Å². The normalized spacial score (nSPS) is 11.8. The van der Waals surface area contributed by atoms with Crippen molar-refractivity contribution >= 4 is 0 Å². The van der Waals surface area contributed by atoms with Crippen LogP contribution in [0.3, 0.4) is 0 Å². The first-order chi connectivity index (χ1) is 7.48. The molecule has 2 aromatic heterocycles. The summed E-state index contributed by atoms with van der Waals surface area (Å²) in [5.74, 6) is 0.0879. The fourth-order valence-corrected chi connectivity index (χ4v) is 1.23. The summed E-state index contributed by atoms with van der Waals surface area (Å²) >= 11 is 0. The molecule has 2 heterocycles. The summed E-state index contributed by atoms with van der Waals surface area (Å²) in [6.45, 7) is 1.50. The van der Waals surface area contributed by atoms with E-state index in [9.17, 15) is 13.2 Å². The Kier molecular flexibility index (Phi) is 2.37. The van der Waals surface area contributed by atoms with Gasteiger partial charge in [0.05, 0.1) is 11.1 Å². The Morgan fingerprint density at radius 1 is 1.31 bits per heavy atom. The Hall–Kier alpha value is -1.92. The van der Waals surface area contributed by atoms with Gasteiger partial charge >= 0.3 is 6.18 Å². The van der Waals surface area contributed by atoms with E-state index in [0.717, 1.165) is 18.5 Å². The first-order valence-corrected chi connectivity index (χ1v) is 4.30. The molecule has 7 heteroatoms. The van der Waals surface area contributed by atoms with Crippen LogP contribution < -0.4 is 0 Å². The molecule has 0 N–H and O–H groups in total. The van der Waals surface area contributed by atoms with Crippen LogP contribution in [0, 0.1) is 6.92 Å². The maximum atomic E-state index is 12.6. The fourth-order valence-electron chi connectivity index (χ4n) is 1.23. The first-order valence-electron chi connectivity index (χ1n) is 4.30. The van der Waals surface area contributed by atoms with Crippen molar-refractivity contribution in [3.63, 3.8) is 0 Å². The van der Waals surface area contributed by atoms with Crippen LogP contribution in [-0.4, -0.2) is 15.1 Å². The molecule has 0 aliphatic carbocycles. The van der Waals surface area contributed by atoms with E-state index in [0.29, 0.717) is 0 Å². The molecule has 2 aromatic rings. The zero-order valence-electron chi connectivity index (χ0n) is 8.12. The third kappa shape index (κ3) is 1.88. The van der Waals surface area contributed by atoms with E-state index >= 15 is 0 Å². The number of hydrogen-bond donors (Lipinski definition) is 0. The molecule has 0 saturated heterocycles. The van der Waals surface area contributed by atoms with Crippen molar-refractivity contribution in [2.75, 3.05) is 0 Å². The van der Waals surface area contributed by atoms with Gasteiger partial charge in [0.1, 0.15) is 0 Å². The van der Waals surface area contributed by atoms with E-state index in [1.54, 1.807) is 0 Å². The summed E-state index contributed by atoms with van der Waals surface area (Å²) in [6, 6.07) is 0.876. The molecule has 0 unspecified atom stereocenters. The zero-order chi connectivity index (χ0) is 11.8. The van der Waals surface area contributed by atoms with Crippen LogP contribution in [0.25, 0.3) is 11.4 Å². The van der Waals surface area contributed by atoms with Crippen molar-refractivity contribution in [2.24, 2.45) is 0 Å². The van der Waals surface area contributed by atoms with Gasteiger partial charge in [-0.1, -0.05) is 5.16 Å². The summed E-state index contributed by atoms with van der Waals surface area (Å²) < 4.78 is 42.5. The zero-order valence-corrected chi connectivity index (χ0v) is 8.12. The monoisotopic (exact) mass is 229 g/mol. The molecule has 0 aliphatic rings. The third-order valence-electron chi connectivity index (χ3n) is 1.89. The predicted molar refractivity (Wildman–Crippen MR) is 47.3 cm³/mol. The Morgan fingerprint density at radius 2 is 2.06 bits per heavy atom. The largest absolute Gasteiger partial charge is 0.417 e. The molecular weight excluding hydrogens is 223 g/mol. The Labute approximate surface area is 88.1 Å². The molecule has 4 nitrogen and oxygen atoms in total. The van der Waals surface area contributed by atoms with Crippen molar-refractivity contribution in [3.05, 3.63) is 29.9 Å². The standard InChI is InChI=1S/C9H6F3N3O/c1-5-14-8(15-16-5)6-4-13-3-2-7(6)9(10,11)12/h2-4H,1H3. The Bertz CT molecular complexity index is 507. The number of aromatic nitrogens is 3. The molecule has 0 fully saturated rings. The fraction of sp³-hybridized carbons (Fsp3) is 0.222. The van der Waals surface area contributed by atoms with Crippen LogP contribution in [0.2, 0.25) is 0 Å². The van der Waals surface area contributed by atoms with Crippen LogP contribution in [-0.2, 0) is 6.18 Å². The van der Waals surface area contributed by atoms with Gasteiger partial charge in [0.25, 0.3) is 0 Å². The van der Waals surface area contributed by atoms with Crippen LogP contribution in [0.5, 0.6) is 0 Å². The van der Waals surface area contributed by atoms with Crippen LogP contribution in [0.15, 0.2) is 23.0 Å². The number of halogens is 3. The van der Waals surface area contributed by atoms with E-state index < -0.39 is 11.7 Å². The van der Waals surface area contributed by atoms with Crippen LogP contribution in [0.4, 0.5) is 13.2 Å². The smallest absolute Gasteiger partial charge is 0.339 e. The number of hydrogen-bond acceptors (Lipinski definition) is 4. The third-order valence-corrected chi connectivity index (χ3v) is 1.89. The maximum Gasteiger partial charge on any atom is 0.417 e. The number of alkyl halides is 3. The van der Waals surface area contributed by atoms with Crippen molar-refractivity contribution < 1.29 is 17.7 Å². The molecule has 0 amide bonds. The number of pyridine rings is 1. The SMILES string of the molecule is Cc1nc(-c2cnccc2C(F)(F)F)no1. The molecular formula is C9H6F3N3O. The second kappa shape index (κ2) is 3.58. The highest BCUT2D eigenvalue weighted by atomic mass is 19.4.